The van der Waals surface area contributed by atoms with E-state index in [1.54, 1.807) is 11.8 Å². The van der Waals surface area contributed by atoms with Crippen LogP contribution in [0.25, 0.3) is 11.3 Å². The minimum absolute atomic E-state index is 0.0187. The molecule has 11 nitrogen and oxygen atoms in total. The van der Waals surface area contributed by atoms with Gasteiger partial charge in [-0.1, -0.05) is 0 Å². The normalized spacial score (nSPS) is 21.7. The number of cyclic esters (lactones) is 1. The Labute approximate surface area is 180 Å². The van der Waals surface area contributed by atoms with Gasteiger partial charge < -0.3 is 25.2 Å². The number of halogens is 3. The van der Waals surface area contributed by atoms with Crippen LogP contribution in [0.15, 0.2) is 12.3 Å². The number of carbonyl (C=O) groups is 1. The fraction of sp³-hybridized carbons (Fsp3) is 0.500. The lowest BCUT2D eigenvalue weighted by molar-refractivity contribution is -0.140. The van der Waals surface area contributed by atoms with Gasteiger partial charge in [-0.3, -0.25) is 4.90 Å². The maximum atomic E-state index is 13.7. The van der Waals surface area contributed by atoms with Crippen molar-refractivity contribution in [1.29, 1.82) is 0 Å². The molecule has 2 atom stereocenters. The zero-order valence-electron chi connectivity index (χ0n) is 16.9. The first-order chi connectivity index (χ1) is 15.2. The second kappa shape index (κ2) is 8.35. The van der Waals surface area contributed by atoms with Gasteiger partial charge in [0.05, 0.1) is 25.5 Å². The number of morpholine rings is 1. The Morgan fingerprint density at radius 1 is 1.25 bits per heavy atom. The number of aliphatic hydroxyl groups excluding tert-OH is 1. The maximum absolute atomic E-state index is 13.7. The number of nitrogens with zero attached hydrogens (tertiary/aromatic N) is 6. The molecule has 1 unspecified atom stereocenters. The molecule has 2 aromatic heterocycles. The third-order valence-electron chi connectivity index (χ3n) is 5.14. The van der Waals surface area contributed by atoms with Crippen LogP contribution >= 0.6 is 0 Å². The Kier molecular flexibility index (Phi) is 5.73. The largest absolute Gasteiger partial charge is 0.444 e. The fourth-order valence-corrected chi connectivity index (χ4v) is 3.52. The van der Waals surface area contributed by atoms with Crippen molar-refractivity contribution in [3.05, 3.63) is 18.0 Å². The molecule has 0 radical (unpaired) electrons. The highest BCUT2D eigenvalue weighted by Gasteiger charge is 2.42. The van der Waals surface area contributed by atoms with Crippen molar-refractivity contribution in [2.24, 2.45) is 0 Å². The van der Waals surface area contributed by atoms with Gasteiger partial charge in [0.15, 0.2) is 5.69 Å². The van der Waals surface area contributed by atoms with Gasteiger partial charge in [-0.25, -0.2) is 19.7 Å². The molecule has 0 aliphatic carbocycles. The molecule has 14 heteroatoms. The average molecular weight is 455 g/mol. The van der Waals surface area contributed by atoms with E-state index in [1.807, 2.05) is 0 Å². The van der Waals surface area contributed by atoms with Crippen LogP contribution in [0.2, 0.25) is 0 Å². The number of hydrogen-bond acceptors (Lipinski definition) is 10. The molecule has 2 aliphatic rings. The first-order valence-corrected chi connectivity index (χ1v) is 9.71. The van der Waals surface area contributed by atoms with Crippen LogP contribution in [0.5, 0.6) is 0 Å². The Morgan fingerprint density at radius 2 is 1.97 bits per heavy atom. The molecular formula is C18H20F3N7O4. The van der Waals surface area contributed by atoms with Crippen molar-refractivity contribution in [3.63, 3.8) is 0 Å². The van der Waals surface area contributed by atoms with Crippen molar-refractivity contribution >= 4 is 23.8 Å². The first-order valence-electron chi connectivity index (χ1n) is 9.71. The highest BCUT2D eigenvalue weighted by Crippen LogP contribution is 2.37. The minimum Gasteiger partial charge on any atom is -0.444 e. The van der Waals surface area contributed by atoms with Crippen LogP contribution < -0.4 is 15.5 Å². The highest BCUT2D eigenvalue weighted by molar-refractivity contribution is 5.90. The summed E-state index contributed by atoms with van der Waals surface area (Å²) in [5.74, 6) is -0.467. The summed E-state index contributed by atoms with van der Waals surface area (Å²) in [5, 5.41) is 9.74. The number of amides is 1. The summed E-state index contributed by atoms with van der Waals surface area (Å²) in [6.07, 6.45) is -5.33. The molecule has 2 aliphatic heterocycles. The van der Waals surface area contributed by atoms with Gasteiger partial charge in [-0.05, 0) is 6.92 Å². The third-order valence-corrected chi connectivity index (χ3v) is 5.14. The van der Waals surface area contributed by atoms with Crippen molar-refractivity contribution < 1.29 is 32.5 Å². The molecule has 0 aromatic carbocycles. The number of nitrogen functional groups attached to an aromatic ring is 1. The first kappa shape index (κ1) is 22.0. The lowest BCUT2D eigenvalue weighted by atomic mass is 10.1. The number of carbonyl (C=O) groups excluding carboxylic acids is 1. The van der Waals surface area contributed by atoms with Crippen LogP contribution in [-0.4, -0.2) is 76.2 Å². The third kappa shape index (κ3) is 4.10. The number of ether oxygens (including phenoxy) is 2. The number of rotatable bonds is 4. The average Bonchev–Trinajstić information content (AvgIpc) is 3.06. The summed E-state index contributed by atoms with van der Waals surface area (Å²) in [4.78, 5) is 31.0. The molecular weight excluding hydrogens is 435 g/mol. The van der Waals surface area contributed by atoms with E-state index in [1.165, 1.54) is 6.07 Å². The molecule has 4 heterocycles. The molecule has 2 aromatic rings. The monoisotopic (exact) mass is 455 g/mol. The number of nitrogens with two attached hydrogens (primary N) is 1. The minimum atomic E-state index is -4.83. The van der Waals surface area contributed by atoms with Gasteiger partial charge >= 0.3 is 12.3 Å². The maximum Gasteiger partial charge on any atom is 0.434 e. The van der Waals surface area contributed by atoms with Crippen LogP contribution in [0.3, 0.4) is 0 Å². The molecule has 0 spiro atoms. The van der Waals surface area contributed by atoms with Crippen LogP contribution in [0, 0.1) is 0 Å². The van der Waals surface area contributed by atoms with Crippen molar-refractivity contribution in [3.8, 4) is 11.3 Å². The van der Waals surface area contributed by atoms with E-state index in [2.05, 4.69) is 19.9 Å². The topological polar surface area (TPSA) is 140 Å². The molecule has 2 fully saturated rings. The van der Waals surface area contributed by atoms with E-state index in [0.717, 1.165) is 11.1 Å². The van der Waals surface area contributed by atoms with E-state index >= 15 is 0 Å². The Bertz CT molecular complexity index is 1020. The smallest absolute Gasteiger partial charge is 0.434 e. The van der Waals surface area contributed by atoms with Crippen LogP contribution in [-0.2, 0) is 15.7 Å². The van der Waals surface area contributed by atoms with Gasteiger partial charge in [-0.15, -0.1) is 0 Å². The zero-order valence-corrected chi connectivity index (χ0v) is 16.9. The van der Waals surface area contributed by atoms with Crippen LogP contribution in [0.4, 0.5) is 35.7 Å². The number of anilines is 3. The number of alkyl halides is 3. The standard InChI is InChI=1S/C18H20F3N7O4/c1-9-12(8-29)28(17(30)32-9)13-6-11(24-16(25-13)27-2-4-31-5-3-27)10-7-23-15(22)26-14(10)18(19,20)21/h6-7,9,12,29H,2-5,8H2,1H3,(H2,22,23,26)/t9-,12?/m0/s1. The molecule has 0 saturated carbocycles. The Balaban J connectivity index is 1.88. The van der Waals surface area contributed by atoms with E-state index in [9.17, 15) is 23.1 Å². The number of hydrogen-bond donors (Lipinski definition) is 2. The summed E-state index contributed by atoms with van der Waals surface area (Å²) < 4.78 is 51.5. The molecule has 4 rings (SSSR count). The zero-order chi connectivity index (χ0) is 23.0. The van der Waals surface area contributed by atoms with E-state index in [0.29, 0.717) is 26.3 Å². The lowest BCUT2D eigenvalue weighted by Crippen LogP contribution is -2.40. The summed E-state index contributed by atoms with van der Waals surface area (Å²) in [7, 11) is 0. The predicted molar refractivity (Wildman–Crippen MR) is 105 cm³/mol. The second-order valence-corrected chi connectivity index (χ2v) is 7.21. The Hall–Kier alpha value is -3.26. The molecule has 32 heavy (non-hydrogen) atoms. The molecule has 3 N–H and O–H groups in total. The summed E-state index contributed by atoms with van der Waals surface area (Å²) in [6.45, 7) is 2.72. The predicted octanol–water partition coefficient (Wildman–Crippen LogP) is 1.08. The number of aromatic nitrogens is 4. The number of aliphatic hydroxyl groups is 1. The Morgan fingerprint density at radius 3 is 2.62 bits per heavy atom. The van der Waals surface area contributed by atoms with E-state index in [-0.39, 0.29) is 17.5 Å². The molecule has 1 amide bonds. The summed E-state index contributed by atoms with van der Waals surface area (Å²) in [5.41, 5.74) is 3.52. The quantitative estimate of drug-likeness (QED) is 0.688. The van der Waals surface area contributed by atoms with Gasteiger partial charge in [0.1, 0.15) is 18.0 Å². The summed E-state index contributed by atoms with van der Waals surface area (Å²) >= 11 is 0. The van der Waals surface area contributed by atoms with E-state index in [4.69, 9.17) is 15.2 Å². The van der Waals surface area contributed by atoms with Crippen molar-refractivity contribution in [2.45, 2.75) is 25.2 Å². The lowest BCUT2D eigenvalue weighted by Gasteiger charge is -2.28. The second-order valence-electron chi connectivity index (χ2n) is 7.21. The van der Waals surface area contributed by atoms with Gasteiger partial charge in [-0.2, -0.15) is 18.2 Å². The fourth-order valence-electron chi connectivity index (χ4n) is 3.52. The van der Waals surface area contributed by atoms with Gasteiger partial charge in [0.2, 0.25) is 11.9 Å². The summed E-state index contributed by atoms with van der Waals surface area (Å²) in [6, 6.07) is 0.434. The molecule has 172 valence electrons. The molecule has 0 bridgehead atoms. The highest BCUT2D eigenvalue weighted by atomic mass is 19.4. The SMILES string of the molecule is C[C@@H]1OC(=O)N(c2cc(-c3cnc(N)nc3C(F)(F)F)nc(N3CCOCC3)n2)C1CO. The molecule has 2 saturated heterocycles. The van der Waals surface area contributed by atoms with Crippen molar-refractivity contribution in [2.75, 3.05) is 48.4 Å². The van der Waals surface area contributed by atoms with Gasteiger partial charge in [0.25, 0.3) is 0 Å². The van der Waals surface area contributed by atoms with Gasteiger partial charge in [0, 0.05) is 30.9 Å². The van der Waals surface area contributed by atoms with Crippen molar-refractivity contribution in [1.82, 2.24) is 19.9 Å². The van der Waals surface area contributed by atoms with Crippen LogP contribution in [0.1, 0.15) is 12.6 Å². The van der Waals surface area contributed by atoms with E-state index < -0.39 is 48.2 Å².